The Morgan fingerprint density at radius 3 is 2.62 bits per heavy atom. The van der Waals surface area contributed by atoms with E-state index in [9.17, 15) is 14.0 Å². The summed E-state index contributed by atoms with van der Waals surface area (Å²) >= 11 is 0. The Balaban J connectivity index is 1.99. The predicted octanol–water partition coefficient (Wildman–Crippen LogP) is 2.85. The summed E-state index contributed by atoms with van der Waals surface area (Å²) in [5, 5.41) is 2.69. The van der Waals surface area contributed by atoms with Crippen LogP contribution in [0.4, 0.5) is 10.1 Å². The summed E-state index contributed by atoms with van der Waals surface area (Å²) in [5.74, 6) is -0.608. The van der Waals surface area contributed by atoms with E-state index in [-0.39, 0.29) is 18.0 Å². The van der Waals surface area contributed by atoms with Crippen molar-refractivity contribution in [3.05, 3.63) is 59.4 Å². The van der Waals surface area contributed by atoms with Crippen molar-refractivity contribution in [3.63, 3.8) is 0 Å². The number of likely N-dealkylation sites (N-methyl/N-ethyl adjacent to an activating group) is 1. The molecule has 0 aliphatic carbocycles. The van der Waals surface area contributed by atoms with Gasteiger partial charge in [0.25, 0.3) is 5.91 Å². The highest BCUT2D eigenvalue weighted by molar-refractivity contribution is 5.99. The minimum atomic E-state index is -0.449. The smallest absolute Gasteiger partial charge is 0.254 e. The molecule has 2 amide bonds. The van der Waals surface area contributed by atoms with Crippen molar-refractivity contribution in [1.82, 2.24) is 4.90 Å². The topological polar surface area (TPSA) is 58.6 Å². The van der Waals surface area contributed by atoms with E-state index in [1.165, 1.54) is 37.3 Å². The van der Waals surface area contributed by atoms with Gasteiger partial charge in [0.05, 0.1) is 13.7 Å². The van der Waals surface area contributed by atoms with Gasteiger partial charge in [-0.25, -0.2) is 4.39 Å². The number of hydrogen-bond acceptors (Lipinski definition) is 3. The van der Waals surface area contributed by atoms with E-state index in [0.717, 1.165) is 0 Å². The van der Waals surface area contributed by atoms with Gasteiger partial charge in [-0.05, 0) is 36.8 Å². The molecule has 0 heterocycles. The second-order valence-electron chi connectivity index (χ2n) is 5.41. The number of rotatable bonds is 5. The molecule has 0 aliphatic heterocycles. The van der Waals surface area contributed by atoms with Gasteiger partial charge in [0.15, 0.2) is 0 Å². The zero-order valence-electron chi connectivity index (χ0n) is 13.8. The van der Waals surface area contributed by atoms with E-state index >= 15 is 0 Å². The molecule has 5 nitrogen and oxygen atoms in total. The molecule has 2 aromatic rings. The largest absolute Gasteiger partial charge is 0.497 e. The number of anilines is 1. The van der Waals surface area contributed by atoms with Crippen LogP contribution < -0.4 is 10.1 Å². The third kappa shape index (κ3) is 4.32. The summed E-state index contributed by atoms with van der Waals surface area (Å²) in [5.41, 5.74) is 1.24. The Labute approximate surface area is 140 Å². The summed E-state index contributed by atoms with van der Waals surface area (Å²) in [6, 6.07) is 11.2. The normalized spacial score (nSPS) is 10.2. The van der Waals surface area contributed by atoms with Gasteiger partial charge < -0.3 is 15.0 Å². The second-order valence-corrected chi connectivity index (χ2v) is 5.41. The van der Waals surface area contributed by atoms with Crippen LogP contribution in [0.15, 0.2) is 42.5 Å². The van der Waals surface area contributed by atoms with Crippen LogP contribution in [0.2, 0.25) is 0 Å². The number of halogens is 1. The molecule has 0 bridgehead atoms. The lowest BCUT2D eigenvalue weighted by Crippen LogP contribution is -2.35. The molecule has 0 spiro atoms. The summed E-state index contributed by atoms with van der Waals surface area (Å²) in [4.78, 5) is 25.6. The van der Waals surface area contributed by atoms with Crippen LogP contribution in [0, 0.1) is 12.7 Å². The number of hydrogen-bond donors (Lipinski definition) is 1. The number of nitrogens with zero attached hydrogens (tertiary/aromatic N) is 1. The molecule has 126 valence electrons. The average Bonchev–Trinajstić information content (AvgIpc) is 2.56. The van der Waals surface area contributed by atoms with Crippen molar-refractivity contribution in [3.8, 4) is 5.75 Å². The molecule has 1 N–H and O–H groups in total. The first-order chi connectivity index (χ1) is 11.4. The standard InChI is InChI=1S/C18H19FN2O3/c1-12-7-8-13(9-16(12)19)18(23)21(2)11-17(22)20-14-5-4-6-15(10-14)24-3/h4-10H,11H2,1-3H3,(H,20,22). The molecule has 2 rings (SSSR count). The van der Waals surface area contributed by atoms with Gasteiger partial charge in [0.1, 0.15) is 11.6 Å². The maximum atomic E-state index is 13.6. The fourth-order valence-electron chi connectivity index (χ4n) is 2.13. The van der Waals surface area contributed by atoms with Gasteiger partial charge in [-0.1, -0.05) is 12.1 Å². The Morgan fingerprint density at radius 2 is 1.96 bits per heavy atom. The Bertz CT molecular complexity index is 762. The highest BCUT2D eigenvalue weighted by Gasteiger charge is 2.16. The fraction of sp³-hybridized carbons (Fsp3) is 0.222. The molecule has 0 aliphatic rings. The van der Waals surface area contributed by atoms with Crippen LogP contribution in [-0.4, -0.2) is 37.4 Å². The first-order valence-corrected chi connectivity index (χ1v) is 7.36. The van der Waals surface area contributed by atoms with E-state index in [4.69, 9.17) is 4.74 Å². The van der Waals surface area contributed by atoms with Crippen molar-refractivity contribution in [2.24, 2.45) is 0 Å². The summed E-state index contributed by atoms with van der Waals surface area (Å²) in [7, 11) is 3.03. The predicted molar refractivity (Wildman–Crippen MR) is 89.7 cm³/mol. The third-order valence-electron chi connectivity index (χ3n) is 3.50. The summed E-state index contributed by atoms with van der Waals surface area (Å²) < 4.78 is 18.6. The van der Waals surface area contributed by atoms with Crippen LogP contribution in [-0.2, 0) is 4.79 Å². The molecule has 0 fully saturated rings. The molecule has 0 atom stereocenters. The van der Waals surface area contributed by atoms with Crippen molar-refractivity contribution in [2.75, 3.05) is 26.0 Å². The molecule has 2 aromatic carbocycles. The fourth-order valence-corrected chi connectivity index (χ4v) is 2.13. The number of methoxy groups -OCH3 is 1. The van der Waals surface area contributed by atoms with E-state index in [1.54, 1.807) is 31.2 Å². The van der Waals surface area contributed by atoms with Gasteiger partial charge in [-0.2, -0.15) is 0 Å². The van der Waals surface area contributed by atoms with Gasteiger partial charge >= 0.3 is 0 Å². The minimum Gasteiger partial charge on any atom is -0.497 e. The van der Waals surface area contributed by atoms with Crippen LogP contribution in [0.25, 0.3) is 0 Å². The van der Waals surface area contributed by atoms with Gasteiger partial charge in [0, 0.05) is 24.4 Å². The Morgan fingerprint density at radius 1 is 1.21 bits per heavy atom. The molecule has 0 unspecified atom stereocenters. The maximum Gasteiger partial charge on any atom is 0.254 e. The van der Waals surface area contributed by atoms with E-state index < -0.39 is 11.7 Å². The molecule has 0 radical (unpaired) electrons. The number of carbonyl (C=O) groups excluding carboxylic acids is 2. The number of carbonyl (C=O) groups is 2. The van der Waals surface area contributed by atoms with Crippen LogP contribution >= 0.6 is 0 Å². The summed E-state index contributed by atoms with van der Waals surface area (Å²) in [6.45, 7) is 1.47. The van der Waals surface area contributed by atoms with Crippen LogP contribution in [0.5, 0.6) is 5.75 Å². The van der Waals surface area contributed by atoms with Crippen molar-refractivity contribution in [1.29, 1.82) is 0 Å². The molecule has 0 saturated carbocycles. The number of amides is 2. The highest BCUT2D eigenvalue weighted by atomic mass is 19.1. The first-order valence-electron chi connectivity index (χ1n) is 7.36. The van der Waals surface area contributed by atoms with Crippen molar-refractivity contribution in [2.45, 2.75) is 6.92 Å². The lowest BCUT2D eigenvalue weighted by Gasteiger charge is -2.17. The SMILES string of the molecule is COc1cccc(NC(=O)CN(C)C(=O)c2ccc(C)c(F)c2)c1. The van der Waals surface area contributed by atoms with Gasteiger partial charge in [-0.15, -0.1) is 0 Å². The molecular weight excluding hydrogens is 311 g/mol. The van der Waals surface area contributed by atoms with Crippen LogP contribution in [0.1, 0.15) is 15.9 Å². The Hall–Kier alpha value is -2.89. The lowest BCUT2D eigenvalue weighted by atomic mass is 10.1. The number of nitrogens with one attached hydrogen (secondary N) is 1. The van der Waals surface area contributed by atoms with E-state index in [0.29, 0.717) is 17.0 Å². The Kier molecular flexibility index (Phi) is 5.52. The highest BCUT2D eigenvalue weighted by Crippen LogP contribution is 2.16. The van der Waals surface area contributed by atoms with Gasteiger partial charge in [-0.3, -0.25) is 9.59 Å². The molecule has 6 heteroatoms. The average molecular weight is 330 g/mol. The zero-order valence-corrected chi connectivity index (χ0v) is 13.8. The lowest BCUT2D eigenvalue weighted by molar-refractivity contribution is -0.116. The van der Waals surface area contributed by atoms with Crippen molar-refractivity contribution >= 4 is 17.5 Å². The van der Waals surface area contributed by atoms with E-state index in [2.05, 4.69) is 5.32 Å². The maximum absolute atomic E-state index is 13.6. The minimum absolute atomic E-state index is 0.147. The second kappa shape index (κ2) is 7.59. The quantitative estimate of drug-likeness (QED) is 0.917. The number of benzene rings is 2. The molecule has 24 heavy (non-hydrogen) atoms. The van der Waals surface area contributed by atoms with Gasteiger partial charge in [0.2, 0.25) is 5.91 Å². The first kappa shape index (κ1) is 17.5. The van der Waals surface area contributed by atoms with Crippen LogP contribution in [0.3, 0.4) is 0 Å². The summed E-state index contributed by atoms with van der Waals surface area (Å²) in [6.07, 6.45) is 0. The monoisotopic (exact) mass is 330 g/mol. The number of ether oxygens (including phenoxy) is 1. The molecule has 0 aromatic heterocycles. The van der Waals surface area contributed by atoms with E-state index in [1.807, 2.05) is 0 Å². The number of aryl methyl sites for hydroxylation is 1. The van der Waals surface area contributed by atoms with Crippen molar-refractivity contribution < 1.29 is 18.7 Å². The zero-order chi connectivity index (χ0) is 17.7. The molecule has 0 saturated heterocycles. The third-order valence-corrected chi connectivity index (χ3v) is 3.50. The molecular formula is C18H19FN2O3.